The molecule has 5 nitrogen and oxygen atoms in total. The third-order valence-corrected chi connectivity index (χ3v) is 4.45. The summed E-state index contributed by atoms with van der Waals surface area (Å²) in [6.45, 7) is 0.523. The van der Waals surface area contributed by atoms with Crippen molar-refractivity contribution in [1.82, 2.24) is 9.88 Å². The van der Waals surface area contributed by atoms with Crippen LogP contribution in [-0.2, 0) is 6.54 Å². The zero-order valence-electron chi connectivity index (χ0n) is 10.6. The number of pyridine rings is 1. The predicted octanol–water partition coefficient (Wildman–Crippen LogP) is 3.12. The number of nitrogens with one attached hydrogen (secondary N) is 1. The molecule has 20 heavy (non-hydrogen) atoms. The molecule has 2 heterocycles. The SMILES string of the molecule is CN(Cc1csc(Br)c1)C(=O)c1cnc(NN)c(Cl)c1. The lowest BCUT2D eigenvalue weighted by atomic mass is 10.2. The highest BCUT2D eigenvalue weighted by Crippen LogP contribution is 2.23. The van der Waals surface area contributed by atoms with Crippen molar-refractivity contribution in [3.05, 3.63) is 43.6 Å². The Morgan fingerprint density at radius 3 is 2.90 bits per heavy atom. The van der Waals surface area contributed by atoms with Crippen LogP contribution in [-0.4, -0.2) is 22.8 Å². The van der Waals surface area contributed by atoms with E-state index in [0.717, 1.165) is 9.35 Å². The molecular formula is C12H12BrClN4OS. The number of halogens is 2. The van der Waals surface area contributed by atoms with Crippen LogP contribution in [0.3, 0.4) is 0 Å². The van der Waals surface area contributed by atoms with Gasteiger partial charge in [0.05, 0.1) is 14.4 Å². The molecule has 2 rings (SSSR count). The summed E-state index contributed by atoms with van der Waals surface area (Å²) in [5, 5.41) is 2.31. The number of aromatic nitrogens is 1. The molecule has 106 valence electrons. The number of hydrogen-bond donors (Lipinski definition) is 2. The van der Waals surface area contributed by atoms with Gasteiger partial charge in [0, 0.05) is 19.8 Å². The number of nitrogen functional groups attached to an aromatic ring is 1. The van der Waals surface area contributed by atoms with Crippen LogP contribution in [0, 0.1) is 0 Å². The third-order valence-electron chi connectivity index (χ3n) is 2.61. The third kappa shape index (κ3) is 3.49. The summed E-state index contributed by atoms with van der Waals surface area (Å²) in [6.07, 6.45) is 1.45. The maximum Gasteiger partial charge on any atom is 0.255 e. The Kier molecular flexibility index (Phi) is 4.98. The lowest BCUT2D eigenvalue weighted by Gasteiger charge is -2.16. The predicted molar refractivity (Wildman–Crippen MR) is 84.9 cm³/mol. The Balaban J connectivity index is 2.12. The molecule has 0 unspecified atom stereocenters. The summed E-state index contributed by atoms with van der Waals surface area (Å²) in [5.41, 5.74) is 3.85. The van der Waals surface area contributed by atoms with Crippen LogP contribution in [0.2, 0.25) is 5.02 Å². The highest BCUT2D eigenvalue weighted by Gasteiger charge is 2.15. The number of hydrazine groups is 1. The van der Waals surface area contributed by atoms with Crippen LogP contribution in [0.1, 0.15) is 15.9 Å². The summed E-state index contributed by atoms with van der Waals surface area (Å²) in [6, 6.07) is 3.53. The number of rotatable bonds is 4. The van der Waals surface area contributed by atoms with Crippen molar-refractivity contribution in [1.29, 1.82) is 0 Å². The maximum atomic E-state index is 12.3. The van der Waals surface area contributed by atoms with E-state index in [1.807, 2.05) is 11.4 Å². The normalized spacial score (nSPS) is 10.4. The van der Waals surface area contributed by atoms with E-state index >= 15 is 0 Å². The molecule has 0 aliphatic rings. The number of amides is 1. The number of carbonyl (C=O) groups is 1. The van der Waals surface area contributed by atoms with Crippen molar-refractivity contribution < 1.29 is 4.79 Å². The van der Waals surface area contributed by atoms with Crippen molar-refractivity contribution in [3.8, 4) is 0 Å². The highest BCUT2D eigenvalue weighted by molar-refractivity contribution is 9.11. The molecule has 0 radical (unpaired) electrons. The standard InChI is InChI=1S/C12H12BrClN4OS/c1-18(5-7-2-10(13)20-6-7)12(19)8-3-9(14)11(17-15)16-4-8/h2-4,6H,5,15H2,1H3,(H,16,17). The van der Waals surface area contributed by atoms with Gasteiger partial charge < -0.3 is 10.3 Å². The summed E-state index contributed by atoms with van der Waals surface area (Å²) in [5.74, 6) is 5.44. The molecule has 0 saturated carbocycles. The molecule has 0 saturated heterocycles. The second-order valence-corrected chi connectivity index (χ2v) is 6.82. The molecule has 1 amide bonds. The van der Waals surface area contributed by atoms with Gasteiger partial charge in [0.15, 0.2) is 5.82 Å². The van der Waals surface area contributed by atoms with Crippen molar-refractivity contribution in [2.45, 2.75) is 6.54 Å². The number of nitrogens with two attached hydrogens (primary N) is 1. The zero-order valence-corrected chi connectivity index (χ0v) is 13.7. The Hall–Kier alpha value is -1.15. The van der Waals surface area contributed by atoms with Gasteiger partial charge in [-0.15, -0.1) is 11.3 Å². The lowest BCUT2D eigenvalue weighted by Crippen LogP contribution is -2.26. The molecule has 0 fully saturated rings. The van der Waals surface area contributed by atoms with E-state index in [-0.39, 0.29) is 5.91 Å². The Morgan fingerprint density at radius 2 is 2.35 bits per heavy atom. The molecule has 0 aliphatic heterocycles. The van der Waals surface area contributed by atoms with E-state index in [1.165, 1.54) is 6.20 Å². The number of carbonyl (C=O) groups excluding carboxylic acids is 1. The average molecular weight is 376 g/mol. The average Bonchev–Trinajstić information content (AvgIpc) is 2.83. The van der Waals surface area contributed by atoms with E-state index in [4.69, 9.17) is 17.4 Å². The first-order valence-corrected chi connectivity index (χ1v) is 7.67. The van der Waals surface area contributed by atoms with Crippen LogP contribution in [0.5, 0.6) is 0 Å². The molecule has 0 spiro atoms. The molecule has 8 heteroatoms. The van der Waals surface area contributed by atoms with Crippen molar-refractivity contribution >= 4 is 50.6 Å². The Morgan fingerprint density at radius 1 is 1.60 bits per heavy atom. The van der Waals surface area contributed by atoms with Crippen LogP contribution >= 0.6 is 38.9 Å². The molecular weight excluding hydrogens is 364 g/mol. The molecule has 0 aliphatic carbocycles. The van der Waals surface area contributed by atoms with Crippen LogP contribution in [0.25, 0.3) is 0 Å². The molecule has 0 bridgehead atoms. The minimum atomic E-state index is -0.148. The monoisotopic (exact) mass is 374 g/mol. The van der Waals surface area contributed by atoms with Crippen LogP contribution in [0.4, 0.5) is 5.82 Å². The van der Waals surface area contributed by atoms with Gasteiger partial charge in [-0.05, 0) is 39.0 Å². The van der Waals surface area contributed by atoms with Crippen molar-refractivity contribution in [2.24, 2.45) is 5.84 Å². The van der Waals surface area contributed by atoms with E-state index in [1.54, 1.807) is 29.4 Å². The summed E-state index contributed by atoms with van der Waals surface area (Å²) >= 11 is 10.9. The molecule has 0 aromatic carbocycles. The minimum Gasteiger partial charge on any atom is -0.337 e. The first kappa shape index (κ1) is 15.2. The lowest BCUT2D eigenvalue weighted by molar-refractivity contribution is 0.0785. The van der Waals surface area contributed by atoms with Gasteiger partial charge in [0.25, 0.3) is 5.91 Å². The number of hydrogen-bond acceptors (Lipinski definition) is 5. The quantitative estimate of drug-likeness (QED) is 0.636. The first-order chi connectivity index (χ1) is 9.51. The topological polar surface area (TPSA) is 71.2 Å². The zero-order chi connectivity index (χ0) is 14.7. The van der Waals surface area contributed by atoms with Gasteiger partial charge in [0.2, 0.25) is 0 Å². The van der Waals surface area contributed by atoms with Crippen molar-refractivity contribution in [2.75, 3.05) is 12.5 Å². The van der Waals surface area contributed by atoms with Crippen molar-refractivity contribution in [3.63, 3.8) is 0 Å². The van der Waals surface area contributed by atoms with Crippen LogP contribution < -0.4 is 11.3 Å². The fourth-order valence-electron chi connectivity index (χ4n) is 1.66. The smallest absolute Gasteiger partial charge is 0.255 e. The summed E-state index contributed by atoms with van der Waals surface area (Å²) < 4.78 is 1.04. The van der Waals surface area contributed by atoms with Gasteiger partial charge >= 0.3 is 0 Å². The second kappa shape index (κ2) is 6.53. The van der Waals surface area contributed by atoms with E-state index in [9.17, 15) is 4.79 Å². The molecule has 0 atom stereocenters. The summed E-state index contributed by atoms with van der Waals surface area (Å²) in [4.78, 5) is 17.9. The largest absolute Gasteiger partial charge is 0.337 e. The molecule has 3 N–H and O–H groups in total. The van der Waals surface area contributed by atoms with Gasteiger partial charge in [-0.3, -0.25) is 4.79 Å². The first-order valence-electron chi connectivity index (χ1n) is 5.62. The van der Waals surface area contributed by atoms with E-state index < -0.39 is 0 Å². The fourth-order valence-corrected chi connectivity index (χ4v) is 3.08. The number of anilines is 1. The number of thiophene rings is 1. The summed E-state index contributed by atoms with van der Waals surface area (Å²) in [7, 11) is 1.73. The number of nitrogens with zero attached hydrogens (tertiary/aromatic N) is 2. The Bertz CT molecular complexity index is 634. The van der Waals surface area contributed by atoms with Gasteiger partial charge in [-0.25, -0.2) is 10.8 Å². The molecule has 2 aromatic rings. The fraction of sp³-hybridized carbons (Fsp3) is 0.167. The van der Waals surface area contributed by atoms with E-state index in [2.05, 4.69) is 26.3 Å². The second-order valence-electron chi connectivity index (χ2n) is 4.12. The maximum absolute atomic E-state index is 12.3. The van der Waals surface area contributed by atoms with Gasteiger partial charge in [-0.1, -0.05) is 11.6 Å². The van der Waals surface area contributed by atoms with E-state index in [0.29, 0.717) is 22.9 Å². The van der Waals surface area contributed by atoms with Gasteiger partial charge in [-0.2, -0.15) is 0 Å². The molecule has 2 aromatic heterocycles. The van der Waals surface area contributed by atoms with Crippen LogP contribution in [0.15, 0.2) is 27.5 Å². The highest BCUT2D eigenvalue weighted by atomic mass is 79.9. The minimum absolute atomic E-state index is 0.148. The van der Waals surface area contributed by atoms with Gasteiger partial charge in [0.1, 0.15) is 0 Å². The Labute approximate surface area is 133 Å².